The molecule has 0 spiro atoms. The topological polar surface area (TPSA) is 58.6 Å². The number of ether oxygens (including phenoxy) is 1. The molecule has 0 heterocycles. The summed E-state index contributed by atoms with van der Waals surface area (Å²) in [5.41, 5.74) is -0.490. The highest BCUT2D eigenvalue weighted by atomic mass is 16.6. The van der Waals surface area contributed by atoms with Crippen molar-refractivity contribution in [2.75, 3.05) is 6.54 Å². The van der Waals surface area contributed by atoms with Gasteiger partial charge < -0.3 is 15.2 Å². The molecule has 0 aliphatic rings. The van der Waals surface area contributed by atoms with Crippen LogP contribution < -0.4 is 5.32 Å². The molecule has 0 saturated heterocycles. The standard InChI is InChI=1S/C13H27NO3/c1-5-6-7-8-9-11(15)10-14-12(16)17-13(2,3)4/h11,15H,5-10H2,1-4H3,(H,14,16). The maximum Gasteiger partial charge on any atom is 0.407 e. The van der Waals surface area contributed by atoms with Gasteiger partial charge in [0.05, 0.1) is 6.10 Å². The zero-order valence-electron chi connectivity index (χ0n) is 11.6. The molecule has 0 aromatic heterocycles. The summed E-state index contributed by atoms with van der Waals surface area (Å²) in [6.07, 6.45) is 4.32. The van der Waals surface area contributed by atoms with E-state index in [9.17, 15) is 9.90 Å². The molecule has 1 atom stereocenters. The molecule has 0 saturated carbocycles. The van der Waals surface area contributed by atoms with Crippen LogP contribution in [0.2, 0.25) is 0 Å². The third kappa shape index (κ3) is 11.5. The zero-order chi connectivity index (χ0) is 13.3. The molecular weight excluding hydrogens is 218 g/mol. The highest BCUT2D eigenvalue weighted by molar-refractivity contribution is 5.67. The van der Waals surface area contributed by atoms with E-state index in [-0.39, 0.29) is 6.54 Å². The fourth-order valence-electron chi connectivity index (χ4n) is 1.42. The summed E-state index contributed by atoms with van der Waals surface area (Å²) in [4.78, 5) is 11.3. The van der Waals surface area contributed by atoms with Crippen molar-refractivity contribution in [1.82, 2.24) is 5.32 Å². The first-order chi connectivity index (χ1) is 7.85. The lowest BCUT2D eigenvalue weighted by Gasteiger charge is -2.20. The average Bonchev–Trinajstić information content (AvgIpc) is 2.19. The molecule has 4 nitrogen and oxygen atoms in total. The summed E-state index contributed by atoms with van der Waals surface area (Å²) in [5, 5.41) is 12.2. The maximum atomic E-state index is 11.3. The van der Waals surface area contributed by atoms with Crippen molar-refractivity contribution < 1.29 is 14.6 Å². The highest BCUT2D eigenvalue weighted by Crippen LogP contribution is 2.07. The van der Waals surface area contributed by atoms with Crippen molar-refractivity contribution in [3.8, 4) is 0 Å². The molecule has 0 radical (unpaired) electrons. The first kappa shape index (κ1) is 16.2. The smallest absolute Gasteiger partial charge is 0.407 e. The van der Waals surface area contributed by atoms with E-state index in [1.54, 1.807) is 0 Å². The molecule has 0 bridgehead atoms. The van der Waals surface area contributed by atoms with Gasteiger partial charge >= 0.3 is 6.09 Å². The number of carbonyl (C=O) groups is 1. The predicted octanol–water partition coefficient (Wildman–Crippen LogP) is 2.84. The van der Waals surface area contributed by atoms with Gasteiger partial charge in [-0.2, -0.15) is 0 Å². The van der Waals surface area contributed by atoms with E-state index in [1.165, 1.54) is 12.8 Å². The molecule has 2 N–H and O–H groups in total. The summed E-state index contributed by atoms with van der Waals surface area (Å²) in [6.45, 7) is 7.86. The van der Waals surface area contributed by atoms with E-state index in [1.807, 2.05) is 20.8 Å². The first-order valence-electron chi connectivity index (χ1n) is 6.50. The van der Waals surface area contributed by atoms with Crippen LogP contribution in [0.5, 0.6) is 0 Å². The van der Waals surface area contributed by atoms with Gasteiger partial charge in [0.1, 0.15) is 5.60 Å². The number of aliphatic hydroxyl groups excluding tert-OH is 1. The Morgan fingerprint density at radius 3 is 2.47 bits per heavy atom. The van der Waals surface area contributed by atoms with E-state index < -0.39 is 17.8 Å². The Balaban J connectivity index is 3.55. The summed E-state index contributed by atoms with van der Waals surface area (Å²) < 4.78 is 5.07. The van der Waals surface area contributed by atoms with Gasteiger partial charge in [-0.3, -0.25) is 0 Å². The molecule has 17 heavy (non-hydrogen) atoms. The molecule has 0 aromatic carbocycles. The van der Waals surface area contributed by atoms with Crippen LogP contribution in [0.1, 0.15) is 59.8 Å². The Morgan fingerprint density at radius 1 is 1.29 bits per heavy atom. The van der Waals surface area contributed by atoms with Gasteiger partial charge in [-0.25, -0.2) is 4.79 Å². The van der Waals surface area contributed by atoms with Crippen LogP contribution >= 0.6 is 0 Å². The van der Waals surface area contributed by atoms with Gasteiger partial charge in [0.25, 0.3) is 0 Å². The second-order valence-corrected chi connectivity index (χ2v) is 5.39. The molecule has 0 aliphatic carbocycles. The Hall–Kier alpha value is -0.770. The molecule has 0 aliphatic heterocycles. The van der Waals surface area contributed by atoms with Crippen molar-refractivity contribution in [3.05, 3.63) is 0 Å². The van der Waals surface area contributed by atoms with E-state index in [2.05, 4.69) is 12.2 Å². The van der Waals surface area contributed by atoms with Crippen LogP contribution in [0.4, 0.5) is 4.79 Å². The molecular formula is C13H27NO3. The maximum absolute atomic E-state index is 11.3. The molecule has 0 rings (SSSR count). The minimum Gasteiger partial charge on any atom is -0.444 e. The fraction of sp³-hybridized carbons (Fsp3) is 0.923. The molecule has 1 amide bonds. The third-order valence-corrected chi connectivity index (χ3v) is 2.27. The SMILES string of the molecule is CCCCCCC(O)CNC(=O)OC(C)(C)C. The lowest BCUT2D eigenvalue weighted by atomic mass is 10.1. The Bertz CT molecular complexity index is 211. The van der Waals surface area contributed by atoms with E-state index in [4.69, 9.17) is 4.74 Å². The van der Waals surface area contributed by atoms with Crippen LogP contribution in [0, 0.1) is 0 Å². The minimum absolute atomic E-state index is 0.265. The van der Waals surface area contributed by atoms with Crippen molar-refractivity contribution in [3.63, 3.8) is 0 Å². The Morgan fingerprint density at radius 2 is 1.94 bits per heavy atom. The Labute approximate surface area is 105 Å². The van der Waals surface area contributed by atoms with Crippen molar-refractivity contribution in [1.29, 1.82) is 0 Å². The fourth-order valence-corrected chi connectivity index (χ4v) is 1.42. The highest BCUT2D eigenvalue weighted by Gasteiger charge is 2.16. The lowest BCUT2D eigenvalue weighted by Crippen LogP contribution is -2.36. The van der Waals surface area contributed by atoms with Crippen molar-refractivity contribution in [2.24, 2.45) is 0 Å². The molecule has 4 heteroatoms. The number of alkyl carbamates (subject to hydrolysis) is 1. The summed E-state index contributed by atoms with van der Waals surface area (Å²) in [7, 11) is 0. The number of hydrogen-bond acceptors (Lipinski definition) is 3. The van der Waals surface area contributed by atoms with E-state index >= 15 is 0 Å². The molecule has 102 valence electrons. The minimum atomic E-state index is -0.490. The quantitative estimate of drug-likeness (QED) is 0.678. The van der Waals surface area contributed by atoms with E-state index in [0.717, 1.165) is 19.3 Å². The molecule has 0 aromatic rings. The number of nitrogens with one attached hydrogen (secondary N) is 1. The lowest BCUT2D eigenvalue weighted by molar-refractivity contribution is 0.0487. The van der Waals surface area contributed by atoms with Gasteiger partial charge in [0.2, 0.25) is 0 Å². The largest absolute Gasteiger partial charge is 0.444 e. The van der Waals surface area contributed by atoms with Crippen LogP contribution in [0.3, 0.4) is 0 Å². The van der Waals surface area contributed by atoms with Crippen LogP contribution in [-0.2, 0) is 4.74 Å². The van der Waals surface area contributed by atoms with Crippen LogP contribution in [-0.4, -0.2) is 29.4 Å². The summed E-state index contributed by atoms with van der Waals surface area (Å²) in [5.74, 6) is 0. The first-order valence-corrected chi connectivity index (χ1v) is 6.50. The number of amides is 1. The van der Waals surface area contributed by atoms with Gasteiger partial charge in [0, 0.05) is 6.54 Å². The van der Waals surface area contributed by atoms with Crippen LogP contribution in [0.25, 0.3) is 0 Å². The predicted molar refractivity (Wildman–Crippen MR) is 69.0 cm³/mol. The summed E-state index contributed by atoms with van der Waals surface area (Å²) in [6, 6.07) is 0. The number of unbranched alkanes of at least 4 members (excludes halogenated alkanes) is 3. The van der Waals surface area contributed by atoms with Gasteiger partial charge in [-0.05, 0) is 27.2 Å². The second-order valence-electron chi connectivity index (χ2n) is 5.39. The normalized spacial score (nSPS) is 13.2. The van der Waals surface area contributed by atoms with Gasteiger partial charge in [-0.1, -0.05) is 32.6 Å². The number of rotatable bonds is 7. The average molecular weight is 245 g/mol. The molecule has 0 fully saturated rings. The number of carbonyl (C=O) groups excluding carboxylic acids is 1. The third-order valence-electron chi connectivity index (χ3n) is 2.27. The second kappa shape index (κ2) is 8.34. The van der Waals surface area contributed by atoms with Crippen molar-refractivity contribution in [2.45, 2.75) is 71.5 Å². The zero-order valence-corrected chi connectivity index (χ0v) is 11.6. The van der Waals surface area contributed by atoms with Crippen molar-refractivity contribution >= 4 is 6.09 Å². The monoisotopic (exact) mass is 245 g/mol. The molecule has 1 unspecified atom stereocenters. The summed E-state index contributed by atoms with van der Waals surface area (Å²) >= 11 is 0. The van der Waals surface area contributed by atoms with Gasteiger partial charge in [0.15, 0.2) is 0 Å². The number of hydrogen-bond donors (Lipinski definition) is 2. The van der Waals surface area contributed by atoms with Gasteiger partial charge in [-0.15, -0.1) is 0 Å². The Kier molecular flexibility index (Phi) is 7.96. The number of aliphatic hydroxyl groups is 1. The van der Waals surface area contributed by atoms with Crippen LogP contribution in [0.15, 0.2) is 0 Å². The van der Waals surface area contributed by atoms with E-state index in [0.29, 0.717) is 0 Å².